The summed E-state index contributed by atoms with van der Waals surface area (Å²) >= 11 is 3.46. The van der Waals surface area contributed by atoms with E-state index in [0.29, 0.717) is 0 Å². The van der Waals surface area contributed by atoms with E-state index in [1.807, 2.05) is 0 Å². The molecule has 1 aliphatic carbocycles. The van der Waals surface area contributed by atoms with Crippen LogP contribution in [0.4, 0.5) is 0 Å². The number of carbonyl (C=O) groups is 1. The zero-order valence-corrected chi connectivity index (χ0v) is 16.3. The molecular formula is C22H22OS2. The van der Waals surface area contributed by atoms with Crippen LogP contribution in [0.5, 0.6) is 0 Å². The molecule has 0 amide bonds. The number of rotatable bonds is 4. The van der Waals surface area contributed by atoms with Crippen molar-refractivity contribution in [3.05, 3.63) is 70.8 Å². The van der Waals surface area contributed by atoms with E-state index in [1.165, 1.54) is 9.79 Å². The standard InChI is InChI=1S/C22H22OS2/c1-24-20-10-6-16(7-11-20)14-18-4-3-5-19(22(18)23)15-17-8-12-21(25-2)13-9-17/h6-15H,3-5H2,1-2H3/b18-14+,19-15+. The summed E-state index contributed by atoms with van der Waals surface area (Å²) in [6.07, 6.45) is 11.0. The molecule has 1 aliphatic rings. The fourth-order valence-electron chi connectivity index (χ4n) is 2.98. The van der Waals surface area contributed by atoms with Gasteiger partial charge < -0.3 is 0 Å². The monoisotopic (exact) mass is 366 g/mol. The first-order chi connectivity index (χ1) is 12.2. The van der Waals surface area contributed by atoms with Crippen molar-refractivity contribution < 1.29 is 4.79 Å². The molecule has 0 saturated heterocycles. The van der Waals surface area contributed by atoms with Crippen LogP contribution in [0, 0.1) is 0 Å². The van der Waals surface area contributed by atoms with Crippen LogP contribution < -0.4 is 0 Å². The van der Waals surface area contributed by atoms with E-state index in [1.54, 1.807) is 23.5 Å². The summed E-state index contributed by atoms with van der Waals surface area (Å²) in [5.41, 5.74) is 4.06. The summed E-state index contributed by atoms with van der Waals surface area (Å²) in [4.78, 5) is 15.3. The van der Waals surface area contributed by atoms with Gasteiger partial charge in [0.25, 0.3) is 0 Å². The molecule has 1 fully saturated rings. The second-order valence-electron chi connectivity index (χ2n) is 6.07. The molecule has 0 aromatic heterocycles. The molecule has 128 valence electrons. The lowest BCUT2D eigenvalue weighted by Crippen LogP contribution is -2.12. The summed E-state index contributed by atoms with van der Waals surface area (Å²) in [6.45, 7) is 0. The lowest BCUT2D eigenvalue weighted by atomic mass is 9.87. The van der Waals surface area contributed by atoms with Gasteiger partial charge in [0.1, 0.15) is 0 Å². The second kappa shape index (κ2) is 8.59. The van der Waals surface area contributed by atoms with Crippen LogP contribution in [0.2, 0.25) is 0 Å². The van der Waals surface area contributed by atoms with Gasteiger partial charge in [0.05, 0.1) is 0 Å². The van der Waals surface area contributed by atoms with Crippen molar-refractivity contribution in [2.75, 3.05) is 12.5 Å². The molecule has 0 heterocycles. The molecule has 3 heteroatoms. The SMILES string of the molecule is CSc1ccc(/C=C2\CCC/C(=C\c3ccc(SC)cc3)C2=O)cc1. The van der Waals surface area contributed by atoms with Crippen molar-refractivity contribution in [1.29, 1.82) is 0 Å². The first-order valence-corrected chi connectivity index (χ1v) is 10.9. The number of thioether (sulfide) groups is 2. The Labute approximate surface area is 158 Å². The largest absolute Gasteiger partial charge is 0.289 e. The van der Waals surface area contributed by atoms with Crippen LogP contribution in [-0.2, 0) is 4.79 Å². The fraction of sp³-hybridized carbons (Fsp3) is 0.227. The normalized spacial score (nSPS) is 18.1. The molecule has 0 unspecified atom stereocenters. The summed E-state index contributed by atoms with van der Waals surface area (Å²) < 4.78 is 0. The average Bonchev–Trinajstić information content (AvgIpc) is 2.66. The Morgan fingerprint density at radius 2 is 1.12 bits per heavy atom. The van der Waals surface area contributed by atoms with E-state index in [4.69, 9.17) is 0 Å². The van der Waals surface area contributed by atoms with Gasteiger partial charge in [-0.1, -0.05) is 24.3 Å². The van der Waals surface area contributed by atoms with Crippen molar-refractivity contribution in [3.8, 4) is 0 Å². The second-order valence-corrected chi connectivity index (χ2v) is 7.83. The first kappa shape index (κ1) is 18.1. The molecule has 0 spiro atoms. The first-order valence-electron chi connectivity index (χ1n) is 8.43. The molecule has 0 radical (unpaired) electrons. The van der Waals surface area contributed by atoms with Crippen molar-refractivity contribution in [3.63, 3.8) is 0 Å². The van der Waals surface area contributed by atoms with Gasteiger partial charge in [-0.05, 0) is 79.3 Å². The third kappa shape index (κ3) is 4.68. The number of carbonyl (C=O) groups excluding carboxylic acids is 1. The molecule has 25 heavy (non-hydrogen) atoms. The lowest BCUT2D eigenvalue weighted by Gasteiger charge is -2.16. The van der Waals surface area contributed by atoms with Gasteiger partial charge in [-0.2, -0.15) is 0 Å². The van der Waals surface area contributed by atoms with Crippen LogP contribution in [0.3, 0.4) is 0 Å². The Morgan fingerprint density at radius 3 is 1.48 bits per heavy atom. The van der Waals surface area contributed by atoms with Gasteiger partial charge in [-0.15, -0.1) is 23.5 Å². The molecule has 1 saturated carbocycles. The molecule has 2 aromatic rings. The maximum absolute atomic E-state index is 12.8. The number of ketones is 1. The summed E-state index contributed by atoms with van der Waals surface area (Å²) in [7, 11) is 0. The van der Waals surface area contributed by atoms with E-state index in [-0.39, 0.29) is 5.78 Å². The van der Waals surface area contributed by atoms with E-state index in [9.17, 15) is 4.79 Å². The zero-order valence-electron chi connectivity index (χ0n) is 14.6. The van der Waals surface area contributed by atoms with Crippen LogP contribution >= 0.6 is 23.5 Å². The maximum Gasteiger partial charge on any atom is 0.185 e. The van der Waals surface area contributed by atoms with Crippen molar-refractivity contribution in [2.45, 2.75) is 29.1 Å². The van der Waals surface area contributed by atoms with E-state index >= 15 is 0 Å². The van der Waals surface area contributed by atoms with Crippen molar-refractivity contribution in [1.82, 2.24) is 0 Å². The van der Waals surface area contributed by atoms with Crippen molar-refractivity contribution in [2.24, 2.45) is 0 Å². The fourth-order valence-corrected chi connectivity index (χ4v) is 3.80. The van der Waals surface area contributed by atoms with E-state index < -0.39 is 0 Å². The molecule has 0 N–H and O–H groups in total. The van der Waals surface area contributed by atoms with Gasteiger partial charge >= 0.3 is 0 Å². The smallest absolute Gasteiger partial charge is 0.185 e. The molecule has 1 nitrogen and oxygen atoms in total. The predicted octanol–water partition coefficient (Wildman–Crippen LogP) is 6.35. The Hall–Kier alpha value is -1.71. The van der Waals surface area contributed by atoms with Gasteiger partial charge in [0.2, 0.25) is 0 Å². The van der Waals surface area contributed by atoms with Gasteiger partial charge in [-0.25, -0.2) is 0 Å². The highest BCUT2D eigenvalue weighted by molar-refractivity contribution is 7.98. The van der Waals surface area contributed by atoms with Gasteiger partial charge in [0, 0.05) is 20.9 Å². The summed E-state index contributed by atoms with van der Waals surface area (Å²) in [5, 5.41) is 0. The number of Topliss-reactive ketones (excluding diaryl/α,β-unsaturated/α-hetero) is 1. The summed E-state index contributed by atoms with van der Waals surface area (Å²) in [6, 6.07) is 16.8. The molecule has 0 bridgehead atoms. The Balaban J connectivity index is 1.81. The predicted molar refractivity (Wildman–Crippen MR) is 111 cm³/mol. The minimum atomic E-state index is 0.203. The molecule has 3 rings (SSSR count). The Bertz CT molecular complexity index is 731. The number of benzene rings is 2. The minimum absolute atomic E-state index is 0.203. The quantitative estimate of drug-likeness (QED) is 0.463. The lowest BCUT2D eigenvalue weighted by molar-refractivity contribution is -0.112. The molecule has 0 aliphatic heterocycles. The molecule has 0 atom stereocenters. The number of allylic oxidation sites excluding steroid dienone is 2. The van der Waals surface area contributed by atoms with E-state index in [2.05, 4.69) is 73.2 Å². The van der Waals surface area contributed by atoms with Crippen LogP contribution in [0.15, 0.2) is 69.5 Å². The number of hydrogen-bond acceptors (Lipinski definition) is 3. The summed E-state index contributed by atoms with van der Waals surface area (Å²) in [5.74, 6) is 0.203. The molecular weight excluding hydrogens is 344 g/mol. The molecule has 2 aromatic carbocycles. The third-order valence-corrected chi connectivity index (χ3v) is 5.88. The van der Waals surface area contributed by atoms with Gasteiger partial charge in [-0.3, -0.25) is 4.79 Å². The Morgan fingerprint density at radius 1 is 0.720 bits per heavy atom. The van der Waals surface area contributed by atoms with E-state index in [0.717, 1.165) is 41.5 Å². The number of hydrogen-bond donors (Lipinski definition) is 0. The minimum Gasteiger partial charge on any atom is -0.289 e. The zero-order chi connectivity index (χ0) is 17.6. The third-order valence-electron chi connectivity index (χ3n) is 4.39. The topological polar surface area (TPSA) is 17.1 Å². The maximum atomic E-state index is 12.8. The highest BCUT2D eigenvalue weighted by Gasteiger charge is 2.20. The van der Waals surface area contributed by atoms with Crippen LogP contribution in [0.1, 0.15) is 30.4 Å². The highest BCUT2D eigenvalue weighted by atomic mass is 32.2. The Kier molecular flexibility index (Phi) is 6.22. The van der Waals surface area contributed by atoms with Gasteiger partial charge in [0.15, 0.2) is 5.78 Å². The highest BCUT2D eigenvalue weighted by Crippen LogP contribution is 2.28. The van der Waals surface area contributed by atoms with Crippen LogP contribution in [-0.4, -0.2) is 18.3 Å². The average molecular weight is 367 g/mol. The van der Waals surface area contributed by atoms with Crippen LogP contribution in [0.25, 0.3) is 12.2 Å². The van der Waals surface area contributed by atoms with Crippen molar-refractivity contribution >= 4 is 41.5 Å².